The number of benzene rings is 1. The molecule has 7 nitrogen and oxygen atoms in total. The smallest absolute Gasteiger partial charge is 0.341 e. The Kier molecular flexibility index (Phi) is 5.48. The van der Waals surface area contributed by atoms with Crippen LogP contribution in [0.2, 0.25) is 0 Å². The van der Waals surface area contributed by atoms with Crippen LogP contribution in [0.15, 0.2) is 42.7 Å². The Balaban J connectivity index is 1.75. The van der Waals surface area contributed by atoms with Gasteiger partial charge in [0.05, 0.1) is 24.6 Å². The first kappa shape index (κ1) is 17.9. The lowest BCUT2D eigenvalue weighted by atomic mass is 10.2. The number of carboxylic acids is 1. The summed E-state index contributed by atoms with van der Waals surface area (Å²) in [5.74, 6) is -0.515. The van der Waals surface area contributed by atoms with Crippen molar-refractivity contribution in [2.45, 2.75) is 26.4 Å². The molecule has 0 atom stereocenters. The monoisotopic (exact) mass is 355 g/mol. The Labute approximate surface area is 151 Å². The van der Waals surface area contributed by atoms with Gasteiger partial charge in [0.15, 0.2) is 12.3 Å². The van der Waals surface area contributed by atoms with Crippen LogP contribution in [0.4, 0.5) is 0 Å². The first-order chi connectivity index (χ1) is 12.5. The number of carboxylic acid groups (broad SMARTS) is 1. The topological polar surface area (TPSA) is 86.5 Å². The van der Waals surface area contributed by atoms with Gasteiger partial charge in [-0.05, 0) is 56.2 Å². The van der Waals surface area contributed by atoms with Crippen LogP contribution in [0.5, 0.6) is 5.75 Å². The minimum Gasteiger partial charge on any atom is -0.482 e. The molecule has 0 saturated carbocycles. The second kappa shape index (κ2) is 7.97. The van der Waals surface area contributed by atoms with E-state index in [9.17, 15) is 4.79 Å². The Hall–Kier alpha value is -2.93. The van der Waals surface area contributed by atoms with Crippen LogP contribution >= 0.6 is 0 Å². The summed E-state index contributed by atoms with van der Waals surface area (Å²) in [6.07, 6.45) is 4.65. The third-order valence-corrected chi connectivity index (χ3v) is 3.75. The largest absolute Gasteiger partial charge is 0.482 e. The minimum absolute atomic E-state index is 0.219. The Morgan fingerprint density at radius 2 is 2.00 bits per heavy atom. The van der Waals surface area contributed by atoms with Gasteiger partial charge in [-0.1, -0.05) is 0 Å². The fourth-order valence-corrected chi connectivity index (χ4v) is 2.53. The third-order valence-electron chi connectivity index (χ3n) is 3.75. The molecule has 0 bridgehead atoms. The zero-order chi connectivity index (χ0) is 18.5. The predicted octanol–water partition coefficient (Wildman–Crippen LogP) is 2.85. The number of fused-ring (bicyclic) bond motifs is 1. The highest BCUT2D eigenvalue weighted by Crippen LogP contribution is 2.20. The van der Waals surface area contributed by atoms with E-state index in [0.29, 0.717) is 12.4 Å². The number of rotatable bonds is 8. The molecule has 136 valence electrons. The Bertz CT molecular complexity index is 887. The maximum Gasteiger partial charge on any atom is 0.341 e. The minimum atomic E-state index is -1.01. The van der Waals surface area contributed by atoms with Gasteiger partial charge >= 0.3 is 5.97 Å². The third kappa shape index (κ3) is 4.37. The van der Waals surface area contributed by atoms with Gasteiger partial charge in [0.25, 0.3) is 0 Å². The second-order valence-electron chi connectivity index (χ2n) is 6.16. The zero-order valence-electron chi connectivity index (χ0n) is 14.8. The summed E-state index contributed by atoms with van der Waals surface area (Å²) in [6.45, 7) is 4.33. The average molecular weight is 355 g/mol. The van der Waals surface area contributed by atoms with E-state index < -0.39 is 5.97 Å². The fourth-order valence-electron chi connectivity index (χ4n) is 2.53. The molecule has 3 rings (SSSR count). The highest BCUT2D eigenvalue weighted by atomic mass is 16.5. The fraction of sp³-hybridized carbons (Fsp3) is 0.316. The molecule has 0 aliphatic rings. The lowest BCUT2D eigenvalue weighted by molar-refractivity contribution is -0.139. The van der Waals surface area contributed by atoms with Crippen LogP contribution in [0, 0.1) is 0 Å². The number of ether oxygens (including phenoxy) is 2. The molecule has 0 spiro atoms. The van der Waals surface area contributed by atoms with Crippen molar-refractivity contribution in [1.29, 1.82) is 0 Å². The molecule has 1 N–H and O–H groups in total. The van der Waals surface area contributed by atoms with Gasteiger partial charge in [-0.2, -0.15) is 5.10 Å². The molecule has 3 aromatic rings. The van der Waals surface area contributed by atoms with Crippen LogP contribution in [0.25, 0.3) is 16.7 Å². The van der Waals surface area contributed by atoms with Crippen LogP contribution < -0.4 is 4.74 Å². The summed E-state index contributed by atoms with van der Waals surface area (Å²) in [7, 11) is 0. The Morgan fingerprint density at radius 3 is 2.69 bits per heavy atom. The molecule has 0 aliphatic heterocycles. The second-order valence-corrected chi connectivity index (χ2v) is 6.16. The molecular weight excluding hydrogens is 334 g/mol. The number of aromatic nitrogens is 3. The van der Waals surface area contributed by atoms with Crippen LogP contribution in [0.3, 0.4) is 0 Å². The molecule has 26 heavy (non-hydrogen) atoms. The quantitative estimate of drug-likeness (QED) is 0.669. The summed E-state index contributed by atoms with van der Waals surface area (Å²) in [5, 5.41) is 14.0. The van der Waals surface area contributed by atoms with Crippen molar-refractivity contribution >= 4 is 17.0 Å². The van der Waals surface area contributed by atoms with Crippen molar-refractivity contribution in [2.24, 2.45) is 0 Å². The van der Waals surface area contributed by atoms with E-state index in [1.807, 2.05) is 32.2 Å². The molecule has 0 amide bonds. The van der Waals surface area contributed by atoms with Crippen molar-refractivity contribution in [2.75, 3.05) is 13.2 Å². The number of carbonyl (C=O) groups is 1. The van der Waals surface area contributed by atoms with E-state index in [1.54, 1.807) is 23.0 Å². The standard InChI is InChI=1S/C19H21N3O4/c1-13(2)25-8-7-14-9-15-11-21-22(19(15)20-10-14)16-3-5-17(6-4-16)26-12-18(23)24/h3-6,9-11,13H,7-8,12H2,1-2H3,(H,23,24). The normalized spacial score (nSPS) is 11.2. The average Bonchev–Trinajstić information content (AvgIpc) is 3.03. The number of hydrogen-bond donors (Lipinski definition) is 1. The SMILES string of the molecule is CC(C)OCCc1cnc2c(cnn2-c2ccc(OCC(=O)O)cc2)c1. The van der Waals surface area contributed by atoms with Gasteiger partial charge in [-0.25, -0.2) is 14.5 Å². The number of pyridine rings is 1. The molecule has 1 aromatic carbocycles. The summed E-state index contributed by atoms with van der Waals surface area (Å²) in [5.41, 5.74) is 2.69. The highest BCUT2D eigenvalue weighted by molar-refractivity contribution is 5.76. The summed E-state index contributed by atoms with van der Waals surface area (Å²) < 4.78 is 12.5. The Morgan fingerprint density at radius 1 is 1.23 bits per heavy atom. The van der Waals surface area contributed by atoms with Gasteiger partial charge in [0.2, 0.25) is 0 Å². The van der Waals surface area contributed by atoms with Crippen LogP contribution in [-0.4, -0.2) is 45.2 Å². The summed E-state index contributed by atoms with van der Waals surface area (Å²) >= 11 is 0. The number of nitrogens with zero attached hydrogens (tertiary/aromatic N) is 3. The van der Waals surface area contributed by atoms with E-state index in [-0.39, 0.29) is 12.7 Å². The first-order valence-electron chi connectivity index (χ1n) is 8.42. The first-order valence-corrected chi connectivity index (χ1v) is 8.42. The highest BCUT2D eigenvalue weighted by Gasteiger charge is 2.08. The van der Waals surface area contributed by atoms with Crippen molar-refractivity contribution in [3.63, 3.8) is 0 Å². The summed E-state index contributed by atoms with van der Waals surface area (Å²) in [4.78, 5) is 15.1. The molecule has 0 aliphatic carbocycles. The molecule has 0 radical (unpaired) electrons. The van der Waals surface area contributed by atoms with E-state index in [0.717, 1.165) is 28.7 Å². The molecule has 0 unspecified atom stereocenters. The molecule has 0 saturated heterocycles. The lowest BCUT2D eigenvalue weighted by Gasteiger charge is -2.08. The van der Waals surface area contributed by atoms with Crippen molar-refractivity contribution < 1.29 is 19.4 Å². The van der Waals surface area contributed by atoms with Gasteiger partial charge in [-0.3, -0.25) is 0 Å². The zero-order valence-corrected chi connectivity index (χ0v) is 14.8. The van der Waals surface area contributed by atoms with E-state index in [4.69, 9.17) is 14.6 Å². The molecule has 0 fully saturated rings. The van der Waals surface area contributed by atoms with Gasteiger partial charge in [0.1, 0.15) is 5.75 Å². The molecule has 7 heteroatoms. The van der Waals surface area contributed by atoms with Crippen molar-refractivity contribution in [1.82, 2.24) is 14.8 Å². The molecule has 2 heterocycles. The van der Waals surface area contributed by atoms with E-state index in [2.05, 4.69) is 16.1 Å². The van der Waals surface area contributed by atoms with E-state index in [1.165, 1.54) is 0 Å². The number of aliphatic carboxylic acids is 1. The van der Waals surface area contributed by atoms with E-state index >= 15 is 0 Å². The van der Waals surface area contributed by atoms with Crippen molar-refractivity contribution in [3.8, 4) is 11.4 Å². The maximum atomic E-state index is 10.5. The molecular formula is C19H21N3O4. The number of hydrogen-bond acceptors (Lipinski definition) is 5. The van der Waals surface area contributed by atoms with Crippen LogP contribution in [0.1, 0.15) is 19.4 Å². The predicted molar refractivity (Wildman–Crippen MR) is 96.8 cm³/mol. The lowest BCUT2D eigenvalue weighted by Crippen LogP contribution is -2.09. The van der Waals surface area contributed by atoms with Crippen LogP contribution in [-0.2, 0) is 16.0 Å². The van der Waals surface area contributed by atoms with Gasteiger partial charge < -0.3 is 14.6 Å². The maximum absolute atomic E-state index is 10.5. The van der Waals surface area contributed by atoms with Gasteiger partial charge in [0, 0.05) is 11.6 Å². The van der Waals surface area contributed by atoms with Crippen molar-refractivity contribution in [3.05, 3.63) is 48.3 Å². The molecule has 2 aromatic heterocycles. The summed E-state index contributed by atoms with van der Waals surface area (Å²) in [6, 6.07) is 9.12. The van der Waals surface area contributed by atoms with Gasteiger partial charge in [-0.15, -0.1) is 0 Å².